The van der Waals surface area contributed by atoms with Gasteiger partial charge in [0.25, 0.3) is 0 Å². The molecule has 1 saturated carbocycles. The zero-order valence-corrected chi connectivity index (χ0v) is 20.3. The van der Waals surface area contributed by atoms with Crippen molar-refractivity contribution in [2.45, 2.75) is 36.6 Å². The van der Waals surface area contributed by atoms with Gasteiger partial charge in [0.15, 0.2) is 0 Å². The van der Waals surface area contributed by atoms with E-state index in [0.29, 0.717) is 12.0 Å². The van der Waals surface area contributed by atoms with Gasteiger partial charge in [-0.25, -0.2) is 0 Å². The van der Waals surface area contributed by atoms with Gasteiger partial charge in [-0.05, 0) is 60.8 Å². The number of thioether (sulfide) groups is 1. The van der Waals surface area contributed by atoms with Crippen molar-refractivity contribution >= 4 is 28.4 Å². The molecule has 0 radical (unpaired) electrons. The van der Waals surface area contributed by atoms with Gasteiger partial charge in [0.1, 0.15) is 5.75 Å². The molecule has 1 saturated heterocycles. The molecule has 5 heteroatoms. The second-order valence-electron chi connectivity index (χ2n) is 9.13. The van der Waals surface area contributed by atoms with Crippen LogP contribution in [0.3, 0.4) is 0 Å². The van der Waals surface area contributed by atoms with Crippen molar-refractivity contribution < 1.29 is 4.74 Å². The van der Waals surface area contributed by atoms with E-state index in [4.69, 9.17) is 4.74 Å². The highest BCUT2D eigenvalue weighted by Gasteiger charge is 2.30. The molecule has 0 atom stereocenters. The molecule has 1 aliphatic carbocycles. The van der Waals surface area contributed by atoms with Crippen LogP contribution in [-0.2, 0) is 0 Å². The summed E-state index contributed by atoms with van der Waals surface area (Å²) in [6.45, 7) is 8.72. The lowest BCUT2D eigenvalue weighted by atomic mass is 9.85. The molecular formula is C28H33N3OS. The molecule has 1 aliphatic heterocycles. The first-order chi connectivity index (χ1) is 16.2. The van der Waals surface area contributed by atoms with Crippen LogP contribution in [-0.4, -0.2) is 49.2 Å². The van der Waals surface area contributed by atoms with Crippen molar-refractivity contribution in [3.05, 3.63) is 72.3 Å². The minimum Gasteiger partial charge on any atom is -0.497 e. The van der Waals surface area contributed by atoms with Gasteiger partial charge in [0.2, 0.25) is 0 Å². The number of hydrogen-bond acceptors (Lipinski definition) is 5. The van der Waals surface area contributed by atoms with Crippen LogP contribution in [0.5, 0.6) is 5.75 Å². The van der Waals surface area contributed by atoms with Gasteiger partial charge < -0.3 is 9.64 Å². The average molecular weight is 460 g/mol. The number of rotatable bonds is 6. The third-order valence-electron chi connectivity index (χ3n) is 7.21. The van der Waals surface area contributed by atoms with E-state index in [1.54, 1.807) is 7.11 Å². The first-order valence-electron chi connectivity index (χ1n) is 12.0. The molecule has 2 aromatic carbocycles. The van der Waals surface area contributed by atoms with Crippen molar-refractivity contribution in [1.82, 2.24) is 9.88 Å². The fourth-order valence-corrected chi connectivity index (χ4v) is 6.32. The van der Waals surface area contributed by atoms with Crippen molar-refractivity contribution in [3.8, 4) is 5.75 Å². The Kier molecular flexibility index (Phi) is 6.88. The Hall–Kier alpha value is -2.50. The SMILES string of the molecule is C=C(Sc1ccccc1)C1CCC(N2CCN(c3cc(OC)cc4cccnc34)CC2)CC1. The zero-order valence-electron chi connectivity index (χ0n) is 19.5. The molecule has 0 spiro atoms. The van der Waals surface area contributed by atoms with Gasteiger partial charge in [0.05, 0.1) is 18.3 Å². The van der Waals surface area contributed by atoms with Gasteiger partial charge in [-0.2, -0.15) is 0 Å². The van der Waals surface area contributed by atoms with E-state index in [9.17, 15) is 0 Å². The number of fused-ring (bicyclic) bond motifs is 1. The molecule has 2 fully saturated rings. The molecule has 4 nitrogen and oxygen atoms in total. The topological polar surface area (TPSA) is 28.6 Å². The van der Waals surface area contributed by atoms with Gasteiger partial charge in [-0.1, -0.05) is 42.6 Å². The summed E-state index contributed by atoms with van der Waals surface area (Å²) in [7, 11) is 1.74. The predicted octanol–water partition coefficient (Wildman–Crippen LogP) is 6.23. The van der Waals surface area contributed by atoms with Crippen molar-refractivity contribution in [1.29, 1.82) is 0 Å². The fourth-order valence-electron chi connectivity index (χ4n) is 5.32. The van der Waals surface area contributed by atoms with E-state index in [1.807, 2.05) is 24.0 Å². The number of anilines is 1. The quantitative estimate of drug-likeness (QED) is 0.408. The van der Waals surface area contributed by atoms with Gasteiger partial charge >= 0.3 is 0 Å². The highest BCUT2D eigenvalue weighted by atomic mass is 32.2. The third kappa shape index (κ3) is 5.04. The van der Waals surface area contributed by atoms with Crippen LogP contribution in [0, 0.1) is 5.92 Å². The van der Waals surface area contributed by atoms with Crippen molar-refractivity contribution in [2.24, 2.45) is 5.92 Å². The normalized spacial score (nSPS) is 21.8. The largest absolute Gasteiger partial charge is 0.497 e. The van der Waals surface area contributed by atoms with Crippen LogP contribution in [0.4, 0.5) is 5.69 Å². The Balaban J connectivity index is 1.17. The molecule has 33 heavy (non-hydrogen) atoms. The number of allylic oxidation sites excluding steroid dienone is 1. The number of piperazine rings is 1. The number of methoxy groups -OCH3 is 1. The molecule has 2 heterocycles. The molecule has 0 N–H and O–H groups in total. The van der Waals surface area contributed by atoms with Crippen molar-refractivity contribution in [2.75, 3.05) is 38.2 Å². The summed E-state index contributed by atoms with van der Waals surface area (Å²) < 4.78 is 5.56. The van der Waals surface area contributed by atoms with Crippen LogP contribution in [0.15, 0.2) is 77.2 Å². The average Bonchev–Trinajstić information content (AvgIpc) is 2.89. The van der Waals surface area contributed by atoms with E-state index in [0.717, 1.165) is 42.8 Å². The fraction of sp³-hybridized carbons (Fsp3) is 0.393. The summed E-state index contributed by atoms with van der Waals surface area (Å²) in [5.41, 5.74) is 2.27. The van der Waals surface area contributed by atoms with Crippen LogP contribution in [0.1, 0.15) is 25.7 Å². The molecule has 0 bridgehead atoms. The van der Waals surface area contributed by atoms with E-state index < -0.39 is 0 Å². The van der Waals surface area contributed by atoms with Crippen LogP contribution in [0.2, 0.25) is 0 Å². The lowest BCUT2D eigenvalue weighted by Crippen LogP contribution is -2.51. The maximum atomic E-state index is 5.56. The first-order valence-corrected chi connectivity index (χ1v) is 12.9. The van der Waals surface area contributed by atoms with E-state index in [1.165, 1.54) is 41.2 Å². The summed E-state index contributed by atoms with van der Waals surface area (Å²) in [5.74, 6) is 1.54. The lowest BCUT2D eigenvalue weighted by molar-refractivity contribution is 0.137. The summed E-state index contributed by atoms with van der Waals surface area (Å²) in [5, 5.41) is 1.14. The molecule has 1 aromatic heterocycles. The summed E-state index contributed by atoms with van der Waals surface area (Å²) in [6, 6.07) is 19.7. The maximum Gasteiger partial charge on any atom is 0.121 e. The zero-order chi connectivity index (χ0) is 22.6. The Morgan fingerprint density at radius 3 is 2.45 bits per heavy atom. The number of hydrogen-bond donors (Lipinski definition) is 0. The second kappa shape index (κ2) is 10.2. The Morgan fingerprint density at radius 2 is 1.73 bits per heavy atom. The molecule has 2 aliphatic rings. The summed E-state index contributed by atoms with van der Waals surface area (Å²) >= 11 is 1.86. The van der Waals surface area contributed by atoms with Crippen molar-refractivity contribution in [3.63, 3.8) is 0 Å². The number of aromatic nitrogens is 1. The highest BCUT2D eigenvalue weighted by molar-refractivity contribution is 8.03. The maximum absolute atomic E-state index is 5.56. The molecule has 3 aromatic rings. The Labute approximate surface area is 201 Å². The Bertz CT molecular complexity index is 1090. The molecule has 0 unspecified atom stereocenters. The molecule has 0 amide bonds. The monoisotopic (exact) mass is 459 g/mol. The molecule has 172 valence electrons. The van der Waals surface area contributed by atoms with Gasteiger partial charge in [-0.3, -0.25) is 9.88 Å². The van der Waals surface area contributed by atoms with Gasteiger partial charge in [-0.15, -0.1) is 0 Å². The van der Waals surface area contributed by atoms with Crippen LogP contribution < -0.4 is 9.64 Å². The smallest absolute Gasteiger partial charge is 0.121 e. The van der Waals surface area contributed by atoms with Gasteiger partial charge in [0, 0.05) is 54.8 Å². The number of nitrogens with zero attached hydrogens (tertiary/aromatic N) is 3. The number of ether oxygens (including phenoxy) is 1. The Morgan fingerprint density at radius 1 is 0.970 bits per heavy atom. The summed E-state index contributed by atoms with van der Waals surface area (Å²) in [4.78, 5) is 12.5. The first kappa shape index (κ1) is 22.3. The minimum atomic E-state index is 0.641. The minimum absolute atomic E-state index is 0.641. The second-order valence-corrected chi connectivity index (χ2v) is 10.3. The van der Waals surface area contributed by atoms with Crippen LogP contribution in [0.25, 0.3) is 10.9 Å². The van der Waals surface area contributed by atoms with E-state index >= 15 is 0 Å². The molecular weight excluding hydrogens is 426 g/mol. The van der Waals surface area contributed by atoms with Crippen LogP contribution >= 0.6 is 11.8 Å². The number of pyridine rings is 1. The lowest BCUT2D eigenvalue weighted by Gasteiger charge is -2.43. The predicted molar refractivity (Wildman–Crippen MR) is 139 cm³/mol. The molecule has 5 rings (SSSR count). The summed E-state index contributed by atoms with van der Waals surface area (Å²) in [6.07, 6.45) is 6.96. The van der Waals surface area contributed by atoms with E-state index in [2.05, 4.69) is 69.9 Å². The highest BCUT2D eigenvalue weighted by Crippen LogP contribution is 2.39. The standard InChI is InChI=1S/C28H33N3OS/c1-21(33-26-8-4-3-5-9-26)22-10-12-24(13-11-22)30-15-17-31(18-16-30)27-20-25(32-2)19-23-7-6-14-29-28(23)27/h3-9,14,19-20,22,24H,1,10-13,15-18H2,2H3. The van der Waals surface area contributed by atoms with E-state index in [-0.39, 0.29) is 0 Å². The number of benzene rings is 2. The third-order valence-corrected chi connectivity index (χ3v) is 8.31.